The molecule has 0 aromatic heterocycles. The first-order valence-electron chi connectivity index (χ1n) is 9.28. The fraction of sp³-hybridized carbons (Fsp3) is 0.650. The number of ether oxygens (including phenoxy) is 1. The van der Waals surface area contributed by atoms with E-state index in [0.717, 1.165) is 43.4 Å². The van der Waals surface area contributed by atoms with Gasteiger partial charge >= 0.3 is 0 Å². The maximum atomic E-state index is 12.7. The number of hydrogen-bond acceptors (Lipinski definition) is 3. The Hall–Kier alpha value is -1.26. The van der Waals surface area contributed by atoms with E-state index >= 15 is 0 Å². The number of amides is 1. The Kier molecular flexibility index (Phi) is 9.30. The largest absolute Gasteiger partial charge is 0.493 e. The summed E-state index contributed by atoms with van der Waals surface area (Å²) in [6, 6.07) is 8.22. The van der Waals surface area contributed by atoms with Gasteiger partial charge in [-0.2, -0.15) is 0 Å². The summed E-state index contributed by atoms with van der Waals surface area (Å²) in [5.74, 6) is 1.56. The van der Waals surface area contributed by atoms with Crippen LogP contribution >= 0.6 is 12.4 Å². The molecule has 1 saturated carbocycles. The zero-order valence-corrected chi connectivity index (χ0v) is 16.5. The van der Waals surface area contributed by atoms with Crippen LogP contribution in [0.25, 0.3) is 0 Å². The van der Waals surface area contributed by atoms with Gasteiger partial charge in [-0.05, 0) is 44.1 Å². The van der Waals surface area contributed by atoms with E-state index in [1.165, 1.54) is 0 Å². The highest BCUT2D eigenvalue weighted by molar-refractivity contribution is 5.85. The molecular weight excluding hydrogens is 336 g/mol. The lowest BCUT2D eigenvalue weighted by Gasteiger charge is -2.25. The quantitative estimate of drug-likeness (QED) is 0.721. The van der Waals surface area contributed by atoms with E-state index in [-0.39, 0.29) is 36.3 Å². The van der Waals surface area contributed by atoms with Gasteiger partial charge in [0.15, 0.2) is 0 Å². The molecule has 3 atom stereocenters. The molecule has 1 aliphatic rings. The minimum atomic E-state index is -0.0117. The third kappa shape index (κ3) is 6.52. The molecule has 25 heavy (non-hydrogen) atoms. The smallest absolute Gasteiger partial charge is 0.223 e. The maximum Gasteiger partial charge on any atom is 0.223 e. The number of rotatable bonds is 8. The van der Waals surface area contributed by atoms with Crippen LogP contribution in [0.4, 0.5) is 0 Å². The summed E-state index contributed by atoms with van der Waals surface area (Å²) < 4.78 is 5.90. The second-order valence-corrected chi connectivity index (χ2v) is 7.35. The number of hydrogen-bond donors (Lipinski definition) is 2. The minimum Gasteiger partial charge on any atom is -0.493 e. The summed E-state index contributed by atoms with van der Waals surface area (Å²) in [7, 11) is 0. The molecule has 4 nitrogen and oxygen atoms in total. The van der Waals surface area contributed by atoms with Crippen molar-refractivity contribution >= 4 is 18.3 Å². The molecule has 2 rings (SSSR count). The van der Waals surface area contributed by atoms with Crippen molar-refractivity contribution in [2.75, 3.05) is 6.61 Å². The van der Waals surface area contributed by atoms with Crippen LogP contribution in [0.2, 0.25) is 0 Å². The van der Waals surface area contributed by atoms with Gasteiger partial charge in [0.25, 0.3) is 0 Å². The van der Waals surface area contributed by atoms with Crippen LogP contribution in [0.15, 0.2) is 24.3 Å². The van der Waals surface area contributed by atoms with Gasteiger partial charge in [-0.25, -0.2) is 0 Å². The lowest BCUT2D eigenvalue weighted by Crippen LogP contribution is -2.34. The Bertz CT molecular complexity index is 536. The molecule has 1 aromatic rings. The molecule has 3 N–H and O–H groups in total. The van der Waals surface area contributed by atoms with Crippen LogP contribution in [-0.2, 0) is 4.79 Å². The van der Waals surface area contributed by atoms with Gasteiger partial charge in [0.2, 0.25) is 5.91 Å². The summed E-state index contributed by atoms with van der Waals surface area (Å²) in [5.41, 5.74) is 7.04. The first-order chi connectivity index (χ1) is 11.5. The van der Waals surface area contributed by atoms with Gasteiger partial charge in [-0.3, -0.25) is 4.79 Å². The normalized spacial score (nSPS) is 20.8. The number of nitrogens with two attached hydrogens (primary N) is 1. The van der Waals surface area contributed by atoms with Crippen LogP contribution in [0.1, 0.15) is 64.5 Å². The number of nitrogens with one attached hydrogen (secondary N) is 1. The molecule has 1 aromatic carbocycles. The molecule has 0 radical (unpaired) electrons. The molecular formula is C20H33ClN2O2. The average molecular weight is 369 g/mol. The number of benzene rings is 1. The first-order valence-corrected chi connectivity index (χ1v) is 9.28. The minimum absolute atomic E-state index is 0. The van der Waals surface area contributed by atoms with Crippen molar-refractivity contribution in [3.8, 4) is 5.75 Å². The Morgan fingerprint density at radius 3 is 2.64 bits per heavy atom. The molecule has 0 heterocycles. The van der Waals surface area contributed by atoms with Gasteiger partial charge in [-0.15, -0.1) is 12.4 Å². The second-order valence-electron chi connectivity index (χ2n) is 7.35. The van der Waals surface area contributed by atoms with Crippen molar-refractivity contribution in [3.05, 3.63) is 29.8 Å². The van der Waals surface area contributed by atoms with Crippen molar-refractivity contribution in [3.63, 3.8) is 0 Å². The third-order valence-corrected chi connectivity index (χ3v) is 4.62. The van der Waals surface area contributed by atoms with E-state index in [1.807, 2.05) is 18.2 Å². The van der Waals surface area contributed by atoms with E-state index < -0.39 is 0 Å². The summed E-state index contributed by atoms with van der Waals surface area (Å²) in [4.78, 5) is 12.7. The lowest BCUT2D eigenvalue weighted by molar-refractivity contribution is -0.125. The maximum absolute atomic E-state index is 12.7. The standard InChI is InChI=1S/C20H32N2O2.ClH/c1-4-11-24-19-8-6-5-7-17(19)18(12-14(2)3)22-20(23)15-9-10-16(21)13-15;/h5-8,14-16,18H,4,9-13,21H2,1-3H3,(H,22,23);1H. The molecule has 0 spiro atoms. The van der Waals surface area contributed by atoms with Crippen LogP contribution in [0.5, 0.6) is 5.75 Å². The van der Waals surface area contributed by atoms with Crippen LogP contribution < -0.4 is 15.8 Å². The molecule has 0 aliphatic heterocycles. The molecule has 0 bridgehead atoms. The topological polar surface area (TPSA) is 64.3 Å². The molecule has 1 amide bonds. The lowest BCUT2D eigenvalue weighted by atomic mass is 9.95. The predicted molar refractivity (Wildman–Crippen MR) is 105 cm³/mol. The summed E-state index contributed by atoms with van der Waals surface area (Å²) in [6.07, 6.45) is 4.51. The Morgan fingerprint density at radius 1 is 1.32 bits per heavy atom. The van der Waals surface area contributed by atoms with Gasteiger partial charge in [0.1, 0.15) is 5.75 Å². The van der Waals surface area contributed by atoms with Crippen LogP contribution in [-0.4, -0.2) is 18.6 Å². The number of carbonyl (C=O) groups excluding carboxylic acids is 1. The van der Waals surface area contributed by atoms with E-state index in [9.17, 15) is 4.79 Å². The molecule has 1 aliphatic carbocycles. The zero-order valence-electron chi connectivity index (χ0n) is 15.7. The van der Waals surface area contributed by atoms with E-state index in [1.54, 1.807) is 0 Å². The van der Waals surface area contributed by atoms with Gasteiger partial charge in [-0.1, -0.05) is 39.0 Å². The van der Waals surface area contributed by atoms with Crippen molar-refractivity contribution < 1.29 is 9.53 Å². The second kappa shape index (κ2) is 10.7. The van der Waals surface area contributed by atoms with Crippen molar-refractivity contribution in [1.29, 1.82) is 0 Å². The SMILES string of the molecule is CCCOc1ccccc1C(CC(C)C)NC(=O)C1CCC(N)C1.Cl. The van der Waals surface area contributed by atoms with Crippen molar-refractivity contribution in [2.24, 2.45) is 17.6 Å². The summed E-state index contributed by atoms with van der Waals surface area (Å²) in [5, 5.41) is 3.27. The molecule has 0 saturated heterocycles. The molecule has 5 heteroatoms. The average Bonchev–Trinajstić information content (AvgIpc) is 2.99. The third-order valence-electron chi connectivity index (χ3n) is 4.62. The fourth-order valence-electron chi connectivity index (χ4n) is 3.39. The van der Waals surface area contributed by atoms with Crippen molar-refractivity contribution in [2.45, 2.75) is 65.0 Å². The molecule has 1 fully saturated rings. The van der Waals surface area contributed by atoms with E-state index in [2.05, 4.69) is 32.2 Å². The zero-order chi connectivity index (χ0) is 17.5. The van der Waals surface area contributed by atoms with Gasteiger partial charge in [0, 0.05) is 17.5 Å². The Labute approximate surface area is 158 Å². The highest BCUT2D eigenvalue weighted by Crippen LogP contribution is 2.31. The van der Waals surface area contributed by atoms with Crippen LogP contribution in [0.3, 0.4) is 0 Å². The Morgan fingerprint density at radius 2 is 2.04 bits per heavy atom. The summed E-state index contributed by atoms with van der Waals surface area (Å²) >= 11 is 0. The van der Waals surface area contributed by atoms with Crippen LogP contribution in [0, 0.1) is 11.8 Å². The number of para-hydroxylation sites is 1. The van der Waals surface area contributed by atoms with E-state index in [4.69, 9.17) is 10.5 Å². The molecule has 142 valence electrons. The first kappa shape index (κ1) is 21.8. The monoisotopic (exact) mass is 368 g/mol. The fourth-order valence-corrected chi connectivity index (χ4v) is 3.39. The van der Waals surface area contributed by atoms with Gasteiger partial charge in [0.05, 0.1) is 12.6 Å². The van der Waals surface area contributed by atoms with Gasteiger partial charge < -0.3 is 15.8 Å². The highest BCUT2D eigenvalue weighted by atomic mass is 35.5. The molecule has 3 unspecified atom stereocenters. The van der Waals surface area contributed by atoms with Crippen molar-refractivity contribution in [1.82, 2.24) is 5.32 Å². The number of carbonyl (C=O) groups is 1. The highest BCUT2D eigenvalue weighted by Gasteiger charge is 2.30. The number of halogens is 1. The predicted octanol–water partition coefficient (Wildman–Crippen LogP) is 4.23. The van der Waals surface area contributed by atoms with E-state index in [0.29, 0.717) is 12.5 Å². The Balaban J connectivity index is 0.00000312. The summed E-state index contributed by atoms with van der Waals surface area (Å²) in [6.45, 7) is 7.15.